The summed E-state index contributed by atoms with van der Waals surface area (Å²) < 4.78 is 64.7. The molecule has 0 bridgehead atoms. The molecule has 0 aromatic heterocycles. The maximum Gasteiger partial charge on any atom is 0.416 e. The normalized spacial score (nSPS) is 27.7. The van der Waals surface area contributed by atoms with Crippen molar-refractivity contribution in [1.82, 2.24) is 0 Å². The Morgan fingerprint density at radius 2 is 2.00 bits per heavy atom. The molecule has 1 aliphatic heterocycles. The van der Waals surface area contributed by atoms with E-state index in [0.29, 0.717) is 13.0 Å². The fraction of sp³-hybridized carbons (Fsp3) is 0.533. The van der Waals surface area contributed by atoms with Gasteiger partial charge in [-0.15, -0.1) is 0 Å². The minimum absolute atomic E-state index is 0.0486. The van der Waals surface area contributed by atoms with Crippen molar-refractivity contribution in [1.29, 1.82) is 0 Å². The van der Waals surface area contributed by atoms with Crippen molar-refractivity contribution in [2.75, 3.05) is 11.4 Å². The molecule has 23 heavy (non-hydrogen) atoms. The van der Waals surface area contributed by atoms with E-state index in [0.717, 1.165) is 6.07 Å². The van der Waals surface area contributed by atoms with Crippen LogP contribution >= 0.6 is 0 Å². The van der Waals surface area contributed by atoms with E-state index < -0.39 is 30.3 Å². The third kappa shape index (κ3) is 2.74. The number of anilines is 1. The first-order valence-electron chi connectivity index (χ1n) is 7.05. The Balaban J connectivity index is 1.95. The number of hydrogen-bond donors (Lipinski definition) is 1. The number of aliphatic hydroxyl groups is 1. The zero-order valence-electron chi connectivity index (χ0n) is 11.8. The molecule has 1 N–H and O–H groups in total. The first-order valence-corrected chi connectivity index (χ1v) is 7.05. The van der Waals surface area contributed by atoms with Gasteiger partial charge < -0.3 is 10.0 Å². The predicted octanol–water partition coefficient (Wildman–Crippen LogP) is 3.92. The molecule has 124 valence electrons. The third-order valence-corrected chi connectivity index (χ3v) is 4.56. The number of piperidine rings is 1. The molecule has 1 aliphatic carbocycles. The monoisotopic (exact) mass is 332 g/mol. The topological polar surface area (TPSA) is 27.8 Å². The number of alkyl halides is 5. The fourth-order valence-corrected chi connectivity index (χ4v) is 3.38. The molecule has 1 saturated heterocycles. The number of hydrogen-bond acceptors (Lipinski definition) is 2. The number of rotatable bonds is 3. The van der Waals surface area contributed by atoms with Gasteiger partial charge in [0.2, 0.25) is 0 Å². The molecular weight excluding hydrogens is 319 g/mol. The second-order valence-corrected chi connectivity index (χ2v) is 5.94. The lowest BCUT2D eigenvalue weighted by Gasteiger charge is -2.34. The zero-order valence-corrected chi connectivity index (χ0v) is 11.8. The molecule has 2 fully saturated rings. The van der Waals surface area contributed by atoms with Gasteiger partial charge in [-0.2, -0.15) is 13.2 Å². The minimum Gasteiger partial charge on any atom is -0.382 e. The highest BCUT2D eigenvalue weighted by Gasteiger charge is 2.60. The summed E-state index contributed by atoms with van der Waals surface area (Å²) in [6.07, 6.45) is -9.56. The van der Waals surface area contributed by atoms with E-state index in [1.165, 1.54) is 17.0 Å². The van der Waals surface area contributed by atoms with Crippen LogP contribution in [0.4, 0.5) is 33.3 Å². The van der Waals surface area contributed by atoms with Crippen LogP contribution in [0.1, 0.15) is 18.4 Å². The Kier molecular flexibility index (Phi) is 3.71. The second kappa shape index (κ2) is 5.34. The molecule has 4 atom stereocenters. The molecule has 3 nitrogen and oxygen atoms in total. The van der Waals surface area contributed by atoms with Crippen molar-refractivity contribution in [2.24, 2.45) is 11.8 Å². The largest absolute Gasteiger partial charge is 0.416 e. The quantitative estimate of drug-likeness (QED) is 0.671. The van der Waals surface area contributed by atoms with E-state index in [1.54, 1.807) is 0 Å². The lowest BCUT2D eigenvalue weighted by atomic mass is 10.0. The highest BCUT2D eigenvalue weighted by Crippen LogP contribution is 2.53. The lowest BCUT2D eigenvalue weighted by molar-refractivity contribution is -0.210. The van der Waals surface area contributed by atoms with Crippen LogP contribution < -0.4 is 4.90 Å². The number of fused-ring (bicyclic) bond motifs is 1. The summed E-state index contributed by atoms with van der Waals surface area (Å²) in [5, 5.41) is 9.63. The van der Waals surface area contributed by atoms with Crippen molar-refractivity contribution in [3.05, 3.63) is 35.2 Å². The second-order valence-electron chi connectivity index (χ2n) is 5.94. The van der Waals surface area contributed by atoms with Crippen molar-refractivity contribution in [3.63, 3.8) is 0 Å². The summed E-state index contributed by atoms with van der Waals surface area (Å²) in [5.74, 6) is -0.227. The maximum absolute atomic E-state index is 13.0. The van der Waals surface area contributed by atoms with Gasteiger partial charge in [-0.05, 0) is 30.4 Å². The van der Waals surface area contributed by atoms with Crippen molar-refractivity contribution in [3.8, 4) is 0 Å². The van der Waals surface area contributed by atoms with Gasteiger partial charge in [0, 0.05) is 17.8 Å². The van der Waals surface area contributed by atoms with Gasteiger partial charge in [0.15, 0.2) is 11.8 Å². The Hall–Kier alpha value is -1.88. The van der Waals surface area contributed by atoms with Crippen LogP contribution in [-0.4, -0.2) is 30.0 Å². The summed E-state index contributed by atoms with van der Waals surface area (Å²) >= 11 is 0. The average Bonchev–Trinajstić information content (AvgIpc) is 3.15. The van der Waals surface area contributed by atoms with Crippen LogP contribution in [0.25, 0.3) is 4.85 Å². The number of nitrogens with zero attached hydrogens (tertiary/aromatic N) is 2. The number of aliphatic hydroxyl groups excluding tert-OH is 1. The van der Waals surface area contributed by atoms with Gasteiger partial charge in [0.1, 0.15) is 0 Å². The van der Waals surface area contributed by atoms with E-state index in [1.807, 2.05) is 0 Å². The van der Waals surface area contributed by atoms with E-state index in [2.05, 4.69) is 4.85 Å². The molecule has 0 radical (unpaired) electrons. The first-order chi connectivity index (χ1) is 10.7. The molecule has 1 aromatic rings. The Labute approximate surface area is 129 Å². The van der Waals surface area contributed by atoms with Gasteiger partial charge in [-0.1, -0.05) is 6.07 Å². The van der Waals surface area contributed by atoms with E-state index in [-0.39, 0.29) is 23.2 Å². The standard InChI is InChI=1S/C15H13F5N2O/c1-21-11-3-2-8(5-10(11)14(16)17)22-6-7-4-9(7)12(22)13(23)15(18,19)20/h2-3,5,7,9,12-14,23H,4,6H2/t7-,9-,12+,13+/m0/s1. The van der Waals surface area contributed by atoms with Gasteiger partial charge >= 0.3 is 6.18 Å². The van der Waals surface area contributed by atoms with E-state index >= 15 is 0 Å². The van der Waals surface area contributed by atoms with Gasteiger partial charge in [0.25, 0.3) is 6.43 Å². The molecule has 2 aliphatic rings. The molecule has 1 heterocycles. The third-order valence-electron chi connectivity index (χ3n) is 4.56. The average molecular weight is 332 g/mol. The van der Waals surface area contributed by atoms with Crippen LogP contribution in [0.5, 0.6) is 0 Å². The van der Waals surface area contributed by atoms with Crippen molar-refractivity contribution >= 4 is 11.4 Å². The van der Waals surface area contributed by atoms with Crippen LogP contribution in [-0.2, 0) is 0 Å². The molecule has 0 spiro atoms. The minimum atomic E-state index is -4.76. The molecular formula is C15H13F5N2O. The van der Waals surface area contributed by atoms with Gasteiger partial charge in [-0.25, -0.2) is 13.6 Å². The lowest BCUT2D eigenvalue weighted by Crippen LogP contribution is -2.49. The number of benzene rings is 1. The SMILES string of the molecule is [C-]#[N+]c1ccc(N2C[C@@H]3C[C@@H]3[C@@H]2[C@@H](O)C(F)(F)F)cc1C(F)F. The first kappa shape index (κ1) is 16.0. The molecule has 1 saturated carbocycles. The van der Waals surface area contributed by atoms with E-state index in [4.69, 9.17) is 6.57 Å². The van der Waals surface area contributed by atoms with Crippen LogP contribution in [0.3, 0.4) is 0 Å². The predicted molar refractivity (Wildman–Crippen MR) is 72.5 cm³/mol. The summed E-state index contributed by atoms with van der Waals surface area (Å²) in [4.78, 5) is 4.34. The van der Waals surface area contributed by atoms with Crippen molar-refractivity contribution in [2.45, 2.75) is 31.2 Å². The highest BCUT2D eigenvalue weighted by atomic mass is 19.4. The Bertz CT molecular complexity index is 654. The highest BCUT2D eigenvalue weighted by molar-refractivity contribution is 5.63. The van der Waals surface area contributed by atoms with E-state index in [9.17, 15) is 27.1 Å². The fourth-order valence-electron chi connectivity index (χ4n) is 3.38. The molecule has 3 rings (SSSR count). The van der Waals surface area contributed by atoms with Crippen molar-refractivity contribution < 1.29 is 27.1 Å². The summed E-state index contributed by atoms with van der Waals surface area (Å²) in [6.45, 7) is 7.17. The molecule has 8 heteroatoms. The van der Waals surface area contributed by atoms with Crippen LogP contribution in [0.2, 0.25) is 0 Å². The maximum atomic E-state index is 13.0. The van der Waals surface area contributed by atoms with Crippen LogP contribution in [0, 0.1) is 18.4 Å². The summed E-state index contributed by atoms with van der Waals surface area (Å²) in [7, 11) is 0. The summed E-state index contributed by atoms with van der Waals surface area (Å²) in [6, 6.07) is 2.44. The zero-order chi connectivity index (χ0) is 16.9. The van der Waals surface area contributed by atoms with Crippen LogP contribution in [0.15, 0.2) is 18.2 Å². The smallest absolute Gasteiger partial charge is 0.382 e. The molecule has 0 amide bonds. The van der Waals surface area contributed by atoms with Gasteiger partial charge in [-0.3, -0.25) is 0 Å². The summed E-state index contributed by atoms with van der Waals surface area (Å²) in [5.41, 5.74) is -0.535. The number of halogens is 5. The Morgan fingerprint density at radius 3 is 2.57 bits per heavy atom. The Morgan fingerprint density at radius 1 is 1.30 bits per heavy atom. The molecule has 0 unspecified atom stereocenters. The molecule has 1 aromatic carbocycles. The van der Waals surface area contributed by atoms with Gasteiger partial charge in [0.05, 0.1) is 12.6 Å².